The van der Waals surface area contributed by atoms with Crippen molar-refractivity contribution in [2.45, 2.75) is 45.8 Å². The predicted molar refractivity (Wildman–Crippen MR) is 120 cm³/mol. The number of hydrogen-bond acceptors (Lipinski definition) is 6. The molecule has 1 fully saturated rings. The molecular weight excluding hydrogens is 428 g/mol. The molecule has 2 aliphatic rings. The van der Waals surface area contributed by atoms with Crippen LogP contribution in [0.3, 0.4) is 0 Å². The number of benzene rings is 1. The van der Waals surface area contributed by atoms with Crippen molar-refractivity contribution in [1.82, 2.24) is 14.8 Å². The van der Waals surface area contributed by atoms with Crippen LogP contribution in [0.2, 0.25) is 0 Å². The largest absolute Gasteiger partial charge is 0.490 e. The van der Waals surface area contributed by atoms with E-state index in [4.69, 9.17) is 10.5 Å². The lowest BCUT2D eigenvalue weighted by molar-refractivity contribution is 0.0130. The Labute approximate surface area is 189 Å². The van der Waals surface area contributed by atoms with Gasteiger partial charge in [-0.05, 0) is 17.5 Å². The van der Waals surface area contributed by atoms with Gasteiger partial charge in [0.25, 0.3) is 17.4 Å². The average molecular weight is 454 g/mol. The fourth-order valence-electron chi connectivity index (χ4n) is 4.52. The van der Waals surface area contributed by atoms with E-state index in [2.05, 4.69) is 5.32 Å². The van der Waals surface area contributed by atoms with Crippen LogP contribution >= 0.6 is 0 Å². The number of carbonyl (C=O) groups excluding carboxylic acids is 2. The Bertz CT molecular complexity index is 1210. The number of nitrogens with two attached hydrogens (primary N) is 1. The molecule has 1 aromatic heterocycles. The molecule has 4 N–H and O–H groups in total. The number of anilines is 1. The van der Waals surface area contributed by atoms with Crippen LogP contribution in [0.15, 0.2) is 35.1 Å². The molecule has 3 amide bonds. The Morgan fingerprint density at radius 2 is 1.91 bits per heavy atom. The number of piperidine rings is 1. The highest BCUT2D eigenvalue weighted by Crippen LogP contribution is 2.34. The second kappa shape index (κ2) is 7.95. The van der Waals surface area contributed by atoms with E-state index in [1.54, 1.807) is 24.3 Å². The number of nitrogens with one attached hydrogen (secondary N) is 1. The van der Waals surface area contributed by atoms with Crippen LogP contribution in [0.5, 0.6) is 5.75 Å². The Morgan fingerprint density at radius 3 is 2.58 bits per heavy atom. The van der Waals surface area contributed by atoms with Gasteiger partial charge in [0.05, 0.1) is 16.8 Å². The second-order valence-electron chi connectivity index (χ2n) is 9.39. The van der Waals surface area contributed by atoms with Gasteiger partial charge in [0.1, 0.15) is 17.7 Å². The van der Waals surface area contributed by atoms with E-state index >= 15 is 0 Å². The van der Waals surface area contributed by atoms with Crippen LogP contribution in [-0.2, 0) is 0 Å². The quantitative estimate of drug-likeness (QED) is 0.603. The number of carbonyl (C=O) groups is 3. The number of amides is 3. The van der Waals surface area contributed by atoms with Gasteiger partial charge >= 0.3 is 6.09 Å². The number of imide groups is 1. The number of fused-ring (bicyclic) bond motifs is 1. The Balaban J connectivity index is 1.62. The first-order valence-electron chi connectivity index (χ1n) is 10.6. The van der Waals surface area contributed by atoms with E-state index in [-0.39, 0.29) is 34.5 Å². The van der Waals surface area contributed by atoms with Gasteiger partial charge in [-0.15, -0.1) is 0 Å². The first kappa shape index (κ1) is 22.4. The summed E-state index contributed by atoms with van der Waals surface area (Å²) in [5, 5.41) is 11.7. The number of carboxylic acid groups (broad SMARTS) is 1. The highest BCUT2D eigenvalue weighted by Gasteiger charge is 2.39. The van der Waals surface area contributed by atoms with E-state index in [0.717, 1.165) is 10.6 Å². The Morgan fingerprint density at radius 1 is 1.18 bits per heavy atom. The predicted octanol–water partition coefficient (Wildman–Crippen LogP) is 2.24. The van der Waals surface area contributed by atoms with E-state index in [1.165, 1.54) is 4.90 Å². The molecular formula is C23H26N4O6. The van der Waals surface area contributed by atoms with Gasteiger partial charge in [-0.2, -0.15) is 0 Å². The molecule has 2 unspecified atom stereocenters. The van der Waals surface area contributed by atoms with Gasteiger partial charge in [-0.3, -0.25) is 24.3 Å². The molecule has 0 aliphatic carbocycles. The minimum absolute atomic E-state index is 0.0278. The van der Waals surface area contributed by atoms with Crippen molar-refractivity contribution >= 4 is 23.7 Å². The zero-order valence-corrected chi connectivity index (χ0v) is 18.6. The highest BCUT2D eigenvalue weighted by atomic mass is 16.5. The first-order valence-corrected chi connectivity index (χ1v) is 10.6. The van der Waals surface area contributed by atoms with Gasteiger partial charge in [0.2, 0.25) is 0 Å². The molecule has 3 heterocycles. The van der Waals surface area contributed by atoms with Crippen molar-refractivity contribution in [3.8, 4) is 11.4 Å². The Kier molecular flexibility index (Phi) is 5.39. The Hall–Kier alpha value is -3.82. The zero-order valence-electron chi connectivity index (χ0n) is 18.6. The maximum atomic E-state index is 12.7. The van der Waals surface area contributed by atoms with Crippen molar-refractivity contribution in [3.63, 3.8) is 0 Å². The number of nitrogens with zero attached hydrogens (tertiary/aromatic N) is 2. The van der Waals surface area contributed by atoms with E-state index in [1.807, 2.05) is 20.8 Å². The van der Waals surface area contributed by atoms with Crippen molar-refractivity contribution in [2.75, 3.05) is 12.3 Å². The normalized spacial score (nSPS) is 20.4. The monoisotopic (exact) mass is 454 g/mol. The van der Waals surface area contributed by atoms with E-state index in [0.29, 0.717) is 30.8 Å². The molecule has 1 saturated heterocycles. The summed E-state index contributed by atoms with van der Waals surface area (Å²) in [6.45, 7) is 6.36. The summed E-state index contributed by atoms with van der Waals surface area (Å²) in [6, 6.07) is 7.61. The lowest BCUT2D eigenvalue weighted by Gasteiger charge is -2.44. The van der Waals surface area contributed by atoms with Crippen LogP contribution < -0.4 is 21.3 Å². The van der Waals surface area contributed by atoms with Crippen LogP contribution in [0.25, 0.3) is 5.69 Å². The van der Waals surface area contributed by atoms with Crippen molar-refractivity contribution in [3.05, 3.63) is 51.8 Å². The molecule has 10 heteroatoms. The number of likely N-dealkylation sites (tertiary alicyclic amines) is 1. The number of hydrogen-bond donors (Lipinski definition) is 3. The number of rotatable bonds is 3. The highest BCUT2D eigenvalue weighted by molar-refractivity contribution is 6.23. The lowest BCUT2D eigenvalue weighted by atomic mass is 9.80. The third-order valence-electron chi connectivity index (χ3n) is 6.13. The van der Waals surface area contributed by atoms with Gasteiger partial charge in [0, 0.05) is 37.6 Å². The van der Waals surface area contributed by atoms with E-state index < -0.39 is 23.5 Å². The minimum Gasteiger partial charge on any atom is -0.490 e. The molecule has 0 bridgehead atoms. The third-order valence-corrected chi connectivity index (χ3v) is 6.13. The van der Waals surface area contributed by atoms with Crippen molar-refractivity contribution in [1.29, 1.82) is 0 Å². The smallest absolute Gasteiger partial charge is 0.407 e. The minimum atomic E-state index is -0.940. The number of aromatic nitrogens is 1. The van der Waals surface area contributed by atoms with Crippen LogP contribution in [0, 0.1) is 5.41 Å². The molecule has 2 aliphatic heterocycles. The summed E-state index contributed by atoms with van der Waals surface area (Å²) in [6.07, 6.45) is -0.0860. The van der Waals surface area contributed by atoms with Gasteiger partial charge in [-0.1, -0.05) is 26.8 Å². The van der Waals surface area contributed by atoms with Crippen molar-refractivity contribution in [2.24, 2.45) is 5.41 Å². The average Bonchev–Trinajstić information content (AvgIpc) is 3.01. The molecule has 0 spiro atoms. The summed E-state index contributed by atoms with van der Waals surface area (Å²) in [7, 11) is 0. The molecule has 4 rings (SSSR count). The zero-order chi connectivity index (χ0) is 24.1. The molecule has 2 atom stereocenters. The second-order valence-corrected chi connectivity index (χ2v) is 9.39. The van der Waals surface area contributed by atoms with E-state index in [9.17, 15) is 24.3 Å². The molecule has 0 saturated carbocycles. The first-order chi connectivity index (χ1) is 15.5. The topological polar surface area (TPSA) is 144 Å². The SMILES string of the molecule is CC(C)(C)C1CC(Oc2cccc(-n3c(N)c4c(cc3=O)C(=O)NC4=O)c2)CCN1C(=O)O. The maximum Gasteiger partial charge on any atom is 0.407 e. The molecule has 33 heavy (non-hydrogen) atoms. The van der Waals surface area contributed by atoms with Gasteiger partial charge in [-0.25, -0.2) is 4.79 Å². The van der Waals surface area contributed by atoms with Crippen LogP contribution in [0.4, 0.5) is 10.6 Å². The number of nitrogen functional groups attached to an aromatic ring is 1. The van der Waals surface area contributed by atoms with Crippen LogP contribution in [-0.4, -0.2) is 51.2 Å². The van der Waals surface area contributed by atoms with Gasteiger partial charge < -0.3 is 20.5 Å². The fourth-order valence-corrected chi connectivity index (χ4v) is 4.52. The molecule has 0 radical (unpaired) electrons. The summed E-state index contributed by atoms with van der Waals surface area (Å²) in [5.74, 6) is -0.932. The fraction of sp³-hybridized carbons (Fsp3) is 0.391. The van der Waals surface area contributed by atoms with Crippen molar-refractivity contribution < 1.29 is 24.2 Å². The third kappa shape index (κ3) is 4.04. The molecule has 174 valence electrons. The van der Waals surface area contributed by atoms with Gasteiger partial charge in [0.15, 0.2) is 0 Å². The summed E-state index contributed by atoms with van der Waals surface area (Å²) in [5.41, 5.74) is 5.63. The van der Waals surface area contributed by atoms with Crippen LogP contribution in [0.1, 0.15) is 54.3 Å². The summed E-state index contributed by atoms with van der Waals surface area (Å²) < 4.78 is 7.33. The number of pyridine rings is 1. The standard InChI is InChI=1S/C23H26N4O6/c1-23(2,3)16-10-14(7-8-26(16)22(31)32)33-13-6-4-5-12(9-13)27-17(28)11-15-18(19(27)24)21(30)25-20(15)29/h4-6,9,11,14,16H,7-8,10,24H2,1-3H3,(H,31,32)(H,25,29,30). The number of ether oxygens (including phenoxy) is 1. The molecule has 2 aromatic rings. The summed E-state index contributed by atoms with van der Waals surface area (Å²) in [4.78, 5) is 49.8. The summed E-state index contributed by atoms with van der Waals surface area (Å²) >= 11 is 0. The maximum absolute atomic E-state index is 12.7. The lowest BCUT2D eigenvalue weighted by Crippen LogP contribution is -2.53. The molecule has 1 aromatic carbocycles. The molecule has 10 nitrogen and oxygen atoms in total.